The number of halogens is 2. The first kappa shape index (κ1) is 18.6. The van der Waals surface area contributed by atoms with E-state index in [1.807, 2.05) is 0 Å². The van der Waals surface area contributed by atoms with Gasteiger partial charge in [-0.2, -0.15) is 22.8 Å². The Balaban J connectivity index is -0.000000270. The Morgan fingerprint density at radius 2 is 1.83 bits per heavy atom. The van der Waals surface area contributed by atoms with Gasteiger partial charge in [-0.1, -0.05) is 27.2 Å². The maximum absolute atomic E-state index is 2.26. The summed E-state index contributed by atoms with van der Waals surface area (Å²) in [5.74, 6) is 0. The van der Waals surface area contributed by atoms with Gasteiger partial charge in [-0.3, -0.25) is 0 Å². The van der Waals surface area contributed by atoms with Gasteiger partial charge in [-0.25, -0.2) is 6.07 Å². The third-order valence-corrected chi connectivity index (χ3v) is 1.83. The van der Waals surface area contributed by atoms with E-state index in [9.17, 15) is 0 Å². The predicted octanol–water partition coefficient (Wildman–Crippen LogP) is -3.41. The molecule has 0 unspecified atom stereocenters. The molecule has 3 heteroatoms. The standard InChI is InChI=1S/C9H13.2ClH.Zr/c1-4-9-5-7(2)8(3)6-9;;;/h5-6H,4H2,1-3H3;2*1H;/q-1;;;+3/p-2. The molecule has 1 aromatic carbocycles. The van der Waals surface area contributed by atoms with Crippen molar-refractivity contribution < 1.29 is 51.0 Å². The van der Waals surface area contributed by atoms with E-state index in [1.54, 1.807) is 0 Å². The molecule has 0 nitrogen and oxygen atoms in total. The number of rotatable bonds is 1. The average Bonchev–Trinajstić information content (AvgIpc) is 2.13. The molecule has 0 heterocycles. The first-order valence-electron chi connectivity index (χ1n) is 3.47. The van der Waals surface area contributed by atoms with Gasteiger partial charge in [0.1, 0.15) is 0 Å². The van der Waals surface area contributed by atoms with E-state index in [2.05, 4.69) is 32.9 Å². The van der Waals surface area contributed by atoms with E-state index >= 15 is 0 Å². The van der Waals surface area contributed by atoms with Crippen molar-refractivity contribution >= 4 is 0 Å². The average molecular weight is 283 g/mol. The second-order valence-corrected chi connectivity index (χ2v) is 2.58. The van der Waals surface area contributed by atoms with Gasteiger partial charge in [0.2, 0.25) is 0 Å². The van der Waals surface area contributed by atoms with Crippen LogP contribution in [0.25, 0.3) is 0 Å². The Bertz CT molecular complexity index is 187. The van der Waals surface area contributed by atoms with Crippen LogP contribution in [0.2, 0.25) is 0 Å². The third-order valence-electron chi connectivity index (χ3n) is 1.83. The molecular formula is C9H13Cl2Zr. The Hall–Kier alpha value is 0.813. The molecule has 0 amide bonds. The molecule has 0 fully saturated rings. The molecular weight excluding hydrogens is 270 g/mol. The minimum atomic E-state index is 0. The molecule has 1 radical (unpaired) electrons. The molecule has 0 N–H and O–H groups in total. The maximum Gasteiger partial charge on any atom is 3.00 e. The first-order valence-corrected chi connectivity index (χ1v) is 3.47. The van der Waals surface area contributed by atoms with Crippen LogP contribution in [0.1, 0.15) is 23.6 Å². The van der Waals surface area contributed by atoms with Crippen molar-refractivity contribution in [1.29, 1.82) is 0 Å². The van der Waals surface area contributed by atoms with Gasteiger partial charge < -0.3 is 24.8 Å². The quantitative estimate of drug-likeness (QED) is 0.471. The fourth-order valence-electron chi connectivity index (χ4n) is 1.03. The summed E-state index contributed by atoms with van der Waals surface area (Å²) in [7, 11) is 0. The van der Waals surface area contributed by atoms with Crippen LogP contribution in [0.3, 0.4) is 0 Å². The zero-order valence-electron chi connectivity index (χ0n) is 7.62. The van der Waals surface area contributed by atoms with E-state index in [0.717, 1.165) is 6.42 Å². The SMILES string of the molecule is CCc1cc(C)[c-](C)c1.[Cl-].[Cl-].[Zr+3]. The van der Waals surface area contributed by atoms with Crippen LogP contribution >= 0.6 is 0 Å². The van der Waals surface area contributed by atoms with Gasteiger partial charge >= 0.3 is 26.2 Å². The monoisotopic (exact) mass is 281 g/mol. The van der Waals surface area contributed by atoms with Gasteiger partial charge in [-0.15, -0.1) is 0 Å². The van der Waals surface area contributed by atoms with Crippen molar-refractivity contribution in [2.24, 2.45) is 0 Å². The number of hydrogen-bond donors (Lipinski definition) is 0. The van der Waals surface area contributed by atoms with E-state index < -0.39 is 0 Å². The van der Waals surface area contributed by atoms with Gasteiger partial charge in [0.05, 0.1) is 0 Å². The van der Waals surface area contributed by atoms with E-state index in [4.69, 9.17) is 0 Å². The topological polar surface area (TPSA) is 0 Å². The van der Waals surface area contributed by atoms with Crippen LogP contribution in [-0.2, 0) is 32.6 Å². The number of hydrogen-bond acceptors (Lipinski definition) is 0. The van der Waals surface area contributed by atoms with Crippen LogP contribution in [0.4, 0.5) is 0 Å². The smallest absolute Gasteiger partial charge is 1.00 e. The molecule has 0 atom stereocenters. The zero-order chi connectivity index (χ0) is 6.85. The molecule has 0 aromatic heterocycles. The first-order chi connectivity index (χ1) is 4.24. The zero-order valence-corrected chi connectivity index (χ0v) is 11.6. The third kappa shape index (κ3) is 4.75. The molecule has 0 aliphatic carbocycles. The summed E-state index contributed by atoms with van der Waals surface area (Å²) in [6.45, 7) is 6.51. The second kappa shape index (κ2) is 8.41. The van der Waals surface area contributed by atoms with Crippen LogP contribution in [0, 0.1) is 13.8 Å². The number of aryl methyl sites for hydroxylation is 3. The van der Waals surface area contributed by atoms with E-state index in [-0.39, 0.29) is 51.0 Å². The predicted molar refractivity (Wildman–Crippen MR) is 40.9 cm³/mol. The largest absolute Gasteiger partial charge is 3.00 e. The fraction of sp³-hybridized carbons (Fsp3) is 0.444. The molecule has 0 saturated carbocycles. The van der Waals surface area contributed by atoms with Crippen molar-refractivity contribution in [3.05, 3.63) is 28.8 Å². The molecule has 12 heavy (non-hydrogen) atoms. The molecule has 0 bridgehead atoms. The van der Waals surface area contributed by atoms with Crippen molar-refractivity contribution in [2.75, 3.05) is 0 Å². The van der Waals surface area contributed by atoms with Crippen molar-refractivity contribution in [1.82, 2.24) is 0 Å². The van der Waals surface area contributed by atoms with E-state index in [1.165, 1.54) is 16.7 Å². The summed E-state index contributed by atoms with van der Waals surface area (Å²) in [5, 5.41) is 0. The summed E-state index contributed by atoms with van der Waals surface area (Å²) in [6.07, 6.45) is 1.16. The van der Waals surface area contributed by atoms with Gasteiger partial charge in [-0.05, 0) is 0 Å². The van der Waals surface area contributed by atoms with Crippen LogP contribution in [0.15, 0.2) is 12.1 Å². The van der Waals surface area contributed by atoms with Crippen LogP contribution in [-0.4, -0.2) is 0 Å². The normalized spacial score (nSPS) is 7.58. The Kier molecular flexibility index (Phi) is 13.0. The van der Waals surface area contributed by atoms with Crippen molar-refractivity contribution in [3.8, 4) is 0 Å². The maximum atomic E-state index is 2.26. The summed E-state index contributed by atoms with van der Waals surface area (Å²) >= 11 is 0. The molecule has 67 valence electrons. The van der Waals surface area contributed by atoms with Gasteiger partial charge in [0.25, 0.3) is 0 Å². The Morgan fingerprint density at radius 3 is 2.00 bits per heavy atom. The summed E-state index contributed by atoms with van der Waals surface area (Å²) in [4.78, 5) is 0. The molecule has 1 aromatic rings. The van der Waals surface area contributed by atoms with Crippen molar-refractivity contribution in [2.45, 2.75) is 27.2 Å². The van der Waals surface area contributed by atoms with Gasteiger partial charge in [0.15, 0.2) is 0 Å². The minimum absolute atomic E-state index is 0. The fourth-order valence-corrected chi connectivity index (χ4v) is 1.03. The molecule has 1 rings (SSSR count). The van der Waals surface area contributed by atoms with Crippen LogP contribution < -0.4 is 24.8 Å². The van der Waals surface area contributed by atoms with E-state index in [0.29, 0.717) is 0 Å². The Morgan fingerprint density at radius 1 is 1.33 bits per heavy atom. The summed E-state index contributed by atoms with van der Waals surface area (Å²) in [5.41, 5.74) is 4.31. The van der Waals surface area contributed by atoms with Gasteiger partial charge in [0, 0.05) is 0 Å². The minimum Gasteiger partial charge on any atom is -1.00 e. The Labute approximate surface area is 106 Å². The van der Waals surface area contributed by atoms with Crippen LogP contribution in [0.5, 0.6) is 0 Å². The molecule has 0 saturated heterocycles. The molecule has 0 spiro atoms. The molecule has 0 aliphatic heterocycles. The van der Waals surface area contributed by atoms with Crippen molar-refractivity contribution in [3.63, 3.8) is 0 Å². The molecule has 0 aliphatic rings. The summed E-state index contributed by atoms with van der Waals surface area (Å²) in [6, 6.07) is 4.52. The summed E-state index contributed by atoms with van der Waals surface area (Å²) < 4.78 is 0. The second-order valence-electron chi connectivity index (χ2n) is 2.58.